The second-order valence-corrected chi connectivity index (χ2v) is 8.68. The Morgan fingerprint density at radius 2 is 1.21 bits per heavy atom. The van der Waals surface area contributed by atoms with Gasteiger partial charge in [-0.1, -0.05) is 60.7 Å². The van der Waals surface area contributed by atoms with Crippen LogP contribution in [0, 0.1) is 0 Å². The van der Waals surface area contributed by atoms with Gasteiger partial charge < -0.3 is 15.1 Å². The molecule has 0 spiro atoms. The van der Waals surface area contributed by atoms with Crippen LogP contribution in [0.1, 0.15) is 24.0 Å². The molecule has 0 aliphatic carbocycles. The third kappa shape index (κ3) is 7.97. The first-order chi connectivity index (χ1) is 16.4. The third-order valence-corrected chi connectivity index (χ3v) is 6.37. The van der Waals surface area contributed by atoms with Crippen molar-refractivity contribution in [1.29, 1.82) is 0 Å². The highest BCUT2D eigenvalue weighted by atomic mass is 16.4. The van der Waals surface area contributed by atoms with E-state index in [4.69, 9.17) is 19.8 Å². The van der Waals surface area contributed by atoms with Gasteiger partial charge in [0.1, 0.15) is 0 Å². The molecule has 8 heteroatoms. The fraction of sp³-hybridized carbons (Fsp3) is 0.423. The van der Waals surface area contributed by atoms with Crippen LogP contribution in [0.2, 0.25) is 0 Å². The zero-order valence-electron chi connectivity index (χ0n) is 19.4. The van der Waals surface area contributed by atoms with Gasteiger partial charge in [-0.3, -0.25) is 14.6 Å². The lowest BCUT2D eigenvalue weighted by atomic mass is 10.0. The van der Waals surface area contributed by atoms with Crippen molar-refractivity contribution in [1.82, 2.24) is 14.7 Å². The standard InChI is InChI=1S/C24H31N3O.C2H2O4/c28-24(19-21-7-3-1-4-8-21)27-17-15-26(16-18-27)23-11-13-25(14-12-23)20-22-9-5-2-6-10-22;3-1(4)2(5)6/h1-10,23H,11-20H2;(H,3,4)(H,5,6). The zero-order chi connectivity index (χ0) is 24.3. The molecule has 34 heavy (non-hydrogen) atoms. The Morgan fingerprint density at radius 1 is 0.706 bits per heavy atom. The number of likely N-dealkylation sites (tertiary alicyclic amines) is 1. The number of piperidine rings is 1. The molecular weight excluding hydrogens is 434 g/mol. The fourth-order valence-corrected chi connectivity index (χ4v) is 4.50. The largest absolute Gasteiger partial charge is 0.473 e. The average molecular weight is 468 g/mol. The molecule has 2 aliphatic heterocycles. The molecule has 2 aliphatic rings. The highest BCUT2D eigenvalue weighted by Gasteiger charge is 2.28. The molecule has 0 saturated carbocycles. The third-order valence-electron chi connectivity index (χ3n) is 6.37. The van der Waals surface area contributed by atoms with Crippen LogP contribution >= 0.6 is 0 Å². The van der Waals surface area contributed by atoms with Gasteiger partial charge in [0, 0.05) is 38.8 Å². The molecular formula is C26H33N3O5. The smallest absolute Gasteiger partial charge is 0.414 e. The Balaban J connectivity index is 0.000000481. The average Bonchev–Trinajstić information content (AvgIpc) is 2.86. The van der Waals surface area contributed by atoms with Gasteiger partial charge in [0.15, 0.2) is 0 Å². The maximum atomic E-state index is 12.6. The first kappa shape index (κ1) is 25.4. The predicted octanol–water partition coefficient (Wildman–Crippen LogP) is 2.19. The van der Waals surface area contributed by atoms with Crippen LogP contribution in [-0.2, 0) is 27.3 Å². The number of carboxylic acids is 2. The van der Waals surface area contributed by atoms with E-state index in [1.54, 1.807) is 0 Å². The molecule has 0 atom stereocenters. The van der Waals surface area contributed by atoms with E-state index in [0.29, 0.717) is 12.5 Å². The van der Waals surface area contributed by atoms with Crippen molar-refractivity contribution in [3.8, 4) is 0 Å². The van der Waals surface area contributed by atoms with Gasteiger partial charge in [-0.15, -0.1) is 0 Å². The first-order valence-electron chi connectivity index (χ1n) is 11.7. The molecule has 182 valence electrons. The molecule has 2 aromatic rings. The van der Waals surface area contributed by atoms with Crippen molar-refractivity contribution in [2.75, 3.05) is 39.3 Å². The summed E-state index contributed by atoms with van der Waals surface area (Å²) in [5, 5.41) is 14.8. The Morgan fingerprint density at radius 3 is 1.71 bits per heavy atom. The van der Waals surface area contributed by atoms with E-state index in [9.17, 15) is 4.79 Å². The minimum absolute atomic E-state index is 0.267. The molecule has 0 aromatic heterocycles. The normalized spacial score (nSPS) is 17.5. The van der Waals surface area contributed by atoms with Gasteiger partial charge in [0.2, 0.25) is 5.91 Å². The Bertz CT molecular complexity index is 910. The number of hydrogen-bond donors (Lipinski definition) is 2. The molecule has 1 amide bonds. The van der Waals surface area contributed by atoms with E-state index in [1.807, 2.05) is 35.2 Å². The highest BCUT2D eigenvalue weighted by molar-refractivity contribution is 6.27. The fourth-order valence-electron chi connectivity index (χ4n) is 4.50. The number of carbonyl (C=O) groups excluding carboxylic acids is 1. The number of carboxylic acid groups (broad SMARTS) is 2. The summed E-state index contributed by atoms with van der Waals surface area (Å²) in [7, 11) is 0. The molecule has 2 N–H and O–H groups in total. The lowest BCUT2D eigenvalue weighted by Crippen LogP contribution is -2.54. The van der Waals surface area contributed by atoms with Gasteiger partial charge in [-0.25, -0.2) is 9.59 Å². The first-order valence-corrected chi connectivity index (χ1v) is 11.7. The number of amides is 1. The number of carbonyl (C=O) groups is 3. The van der Waals surface area contributed by atoms with E-state index in [0.717, 1.165) is 38.3 Å². The molecule has 2 fully saturated rings. The number of benzene rings is 2. The SMILES string of the molecule is O=C(Cc1ccccc1)N1CCN(C2CCN(Cc3ccccc3)CC2)CC1.O=C(O)C(=O)O. The number of hydrogen-bond acceptors (Lipinski definition) is 5. The van der Waals surface area contributed by atoms with Gasteiger partial charge in [0.25, 0.3) is 0 Å². The van der Waals surface area contributed by atoms with Crippen molar-refractivity contribution >= 4 is 17.8 Å². The van der Waals surface area contributed by atoms with Crippen LogP contribution in [0.5, 0.6) is 0 Å². The quantitative estimate of drug-likeness (QED) is 0.650. The summed E-state index contributed by atoms with van der Waals surface area (Å²) in [4.78, 5) is 38.0. The minimum atomic E-state index is -1.82. The zero-order valence-corrected chi connectivity index (χ0v) is 19.4. The molecule has 8 nitrogen and oxygen atoms in total. The Labute approximate surface area is 200 Å². The number of piperazine rings is 1. The van der Waals surface area contributed by atoms with Gasteiger partial charge in [-0.2, -0.15) is 0 Å². The van der Waals surface area contributed by atoms with Crippen molar-refractivity contribution < 1.29 is 24.6 Å². The number of rotatable bonds is 5. The van der Waals surface area contributed by atoms with Crippen LogP contribution < -0.4 is 0 Å². The molecule has 2 aromatic carbocycles. The summed E-state index contributed by atoms with van der Waals surface area (Å²) < 4.78 is 0. The number of aliphatic carboxylic acids is 2. The van der Waals surface area contributed by atoms with Crippen molar-refractivity contribution in [3.63, 3.8) is 0 Å². The Hall–Kier alpha value is -3.23. The van der Waals surface area contributed by atoms with E-state index in [2.05, 4.69) is 40.1 Å². The van der Waals surface area contributed by atoms with E-state index in [-0.39, 0.29) is 5.91 Å². The van der Waals surface area contributed by atoms with E-state index < -0.39 is 11.9 Å². The van der Waals surface area contributed by atoms with Gasteiger partial charge >= 0.3 is 11.9 Å². The maximum Gasteiger partial charge on any atom is 0.414 e. The summed E-state index contributed by atoms with van der Waals surface area (Å²) in [6.07, 6.45) is 3.01. The molecule has 2 heterocycles. The molecule has 0 unspecified atom stereocenters. The van der Waals surface area contributed by atoms with Crippen LogP contribution in [0.3, 0.4) is 0 Å². The Kier molecular flexibility index (Phi) is 9.61. The number of nitrogens with zero attached hydrogens (tertiary/aromatic N) is 3. The van der Waals surface area contributed by atoms with Gasteiger partial charge in [-0.05, 0) is 37.1 Å². The molecule has 4 rings (SSSR count). The monoisotopic (exact) mass is 467 g/mol. The topological polar surface area (TPSA) is 101 Å². The summed E-state index contributed by atoms with van der Waals surface area (Å²) in [6, 6.07) is 21.5. The molecule has 0 bridgehead atoms. The molecule has 2 saturated heterocycles. The van der Waals surface area contributed by atoms with Crippen molar-refractivity contribution in [3.05, 3.63) is 71.8 Å². The summed E-state index contributed by atoms with van der Waals surface area (Å²) >= 11 is 0. The van der Waals surface area contributed by atoms with E-state index in [1.165, 1.54) is 31.5 Å². The minimum Gasteiger partial charge on any atom is -0.473 e. The second kappa shape index (κ2) is 12.9. The summed E-state index contributed by atoms with van der Waals surface area (Å²) in [5.74, 6) is -3.38. The maximum absolute atomic E-state index is 12.6. The van der Waals surface area contributed by atoms with Gasteiger partial charge in [0.05, 0.1) is 6.42 Å². The lowest BCUT2D eigenvalue weighted by molar-refractivity contribution is -0.159. The lowest BCUT2D eigenvalue weighted by Gasteiger charge is -2.42. The second-order valence-electron chi connectivity index (χ2n) is 8.68. The predicted molar refractivity (Wildman–Crippen MR) is 128 cm³/mol. The molecule has 0 radical (unpaired) electrons. The highest BCUT2D eigenvalue weighted by Crippen LogP contribution is 2.20. The summed E-state index contributed by atoms with van der Waals surface area (Å²) in [6.45, 7) is 7.19. The van der Waals surface area contributed by atoms with Crippen molar-refractivity contribution in [2.24, 2.45) is 0 Å². The van der Waals surface area contributed by atoms with Crippen LogP contribution in [0.25, 0.3) is 0 Å². The van der Waals surface area contributed by atoms with Crippen LogP contribution in [0.15, 0.2) is 60.7 Å². The van der Waals surface area contributed by atoms with E-state index >= 15 is 0 Å². The summed E-state index contributed by atoms with van der Waals surface area (Å²) in [5.41, 5.74) is 2.52. The van der Waals surface area contributed by atoms with Crippen LogP contribution in [0.4, 0.5) is 0 Å². The van der Waals surface area contributed by atoms with Crippen LogP contribution in [-0.4, -0.2) is 88.1 Å². The van der Waals surface area contributed by atoms with Crippen molar-refractivity contribution in [2.45, 2.75) is 31.8 Å².